The van der Waals surface area contributed by atoms with Crippen molar-refractivity contribution in [2.45, 2.75) is 44.4 Å². The lowest BCUT2D eigenvalue weighted by molar-refractivity contribution is -0.151. The summed E-state index contributed by atoms with van der Waals surface area (Å²) < 4.78 is 24.0. The molecule has 3 rings (SSSR count). The number of carbonyl (C=O) groups excluding carboxylic acids is 1. The van der Waals surface area contributed by atoms with Crippen molar-refractivity contribution >= 4 is 23.4 Å². The van der Waals surface area contributed by atoms with Crippen LogP contribution in [0.2, 0.25) is 0 Å². The van der Waals surface area contributed by atoms with Crippen molar-refractivity contribution in [3.63, 3.8) is 0 Å². The molecule has 124 valence electrons. The normalized spacial score (nSPS) is 28.7. The number of rotatable bonds is 2. The molecule has 23 heavy (non-hydrogen) atoms. The highest BCUT2D eigenvalue weighted by atomic mass is 32.1. The Kier molecular flexibility index (Phi) is 4.22. The third kappa shape index (κ3) is 3.29. The van der Waals surface area contributed by atoms with Crippen molar-refractivity contribution in [3.8, 4) is 0 Å². The van der Waals surface area contributed by atoms with Gasteiger partial charge in [-0.25, -0.2) is 9.78 Å². The van der Waals surface area contributed by atoms with Gasteiger partial charge in [0.2, 0.25) is 0 Å². The van der Waals surface area contributed by atoms with Crippen LogP contribution in [0.15, 0.2) is 30.4 Å². The highest BCUT2D eigenvalue weighted by Gasteiger charge is 2.48. The molecule has 1 aliphatic heterocycles. The van der Waals surface area contributed by atoms with Gasteiger partial charge in [0.25, 0.3) is 5.17 Å². The molecule has 2 aliphatic rings. The Hall–Kier alpha value is -1.77. The molecule has 8 heteroatoms. The first-order valence-corrected chi connectivity index (χ1v) is 7.64. The van der Waals surface area contributed by atoms with Crippen molar-refractivity contribution < 1.29 is 23.7 Å². The van der Waals surface area contributed by atoms with Gasteiger partial charge in [0.15, 0.2) is 5.79 Å². The van der Waals surface area contributed by atoms with E-state index in [1.54, 1.807) is 29.4 Å². The number of hydrogen-bond acceptors (Lipinski definition) is 7. The number of fused-ring (bicyclic) bond motifs is 1. The average molecular weight is 338 g/mol. The molecule has 0 radical (unpaired) electrons. The Labute approximate surface area is 139 Å². The first-order valence-electron chi connectivity index (χ1n) is 7.23. The molecule has 3 atom stereocenters. The highest BCUT2D eigenvalue weighted by molar-refractivity contribution is 7.80. The third-order valence-corrected chi connectivity index (χ3v) is 4.04. The molecule has 1 aromatic heterocycles. The van der Waals surface area contributed by atoms with Crippen LogP contribution in [-0.4, -0.2) is 51.9 Å². The Balaban J connectivity index is 1.82. The largest absolute Gasteiger partial charge is 0.466 e. The summed E-state index contributed by atoms with van der Waals surface area (Å²) in [4.78, 5) is 15.8. The van der Waals surface area contributed by atoms with E-state index in [1.807, 2.05) is 13.8 Å². The molecule has 1 saturated heterocycles. The van der Waals surface area contributed by atoms with Crippen LogP contribution < -0.4 is 0 Å². The van der Waals surface area contributed by atoms with Gasteiger partial charge in [0, 0.05) is 24.4 Å². The predicted molar refractivity (Wildman–Crippen MR) is 83.6 cm³/mol. The number of aromatic nitrogens is 2. The van der Waals surface area contributed by atoms with Gasteiger partial charge in [-0.2, -0.15) is 0 Å². The zero-order chi connectivity index (χ0) is 16.6. The van der Waals surface area contributed by atoms with Crippen molar-refractivity contribution in [2.75, 3.05) is 7.11 Å². The van der Waals surface area contributed by atoms with Gasteiger partial charge in [0.05, 0.1) is 7.11 Å². The van der Waals surface area contributed by atoms with Crippen LogP contribution in [0.3, 0.4) is 0 Å². The van der Waals surface area contributed by atoms with Crippen molar-refractivity contribution in [3.05, 3.63) is 30.4 Å². The second-order valence-electron chi connectivity index (χ2n) is 5.84. The van der Waals surface area contributed by atoms with Gasteiger partial charge in [-0.15, -0.1) is 0 Å². The van der Waals surface area contributed by atoms with Gasteiger partial charge in [-0.1, -0.05) is 0 Å². The standard InChI is InChI=1S/C15H18N2O5S/c1-15(2)21-11-7-9(13(18)19-3)6-10(12(11)22-15)20-14(23)17-5-4-16-8-17/h4-5,7-8,10-12H,6H2,1-3H3/t10-,11-,12+/m1/s1. The molecule has 1 aliphatic carbocycles. The quantitative estimate of drug-likeness (QED) is 0.596. The summed E-state index contributed by atoms with van der Waals surface area (Å²) in [6, 6.07) is 0. The molecule has 1 aromatic rings. The summed E-state index contributed by atoms with van der Waals surface area (Å²) in [6.07, 6.45) is 5.75. The molecule has 0 N–H and O–H groups in total. The fraction of sp³-hybridized carbons (Fsp3) is 0.533. The minimum absolute atomic E-state index is 0.241. The number of nitrogens with zero attached hydrogens (tertiary/aromatic N) is 2. The minimum atomic E-state index is -0.754. The SMILES string of the molecule is COC(=O)C1=C[C@H]2OC(C)(C)O[C@H]2[C@H](OC(=S)n2ccnc2)C1. The second kappa shape index (κ2) is 6.03. The number of carbonyl (C=O) groups is 1. The Morgan fingerprint density at radius 3 is 2.91 bits per heavy atom. The summed E-state index contributed by atoms with van der Waals surface area (Å²) in [6.45, 7) is 3.64. The van der Waals surface area contributed by atoms with Crippen LogP contribution in [0.25, 0.3) is 0 Å². The number of imidazole rings is 1. The minimum Gasteiger partial charge on any atom is -0.466 e. The number of thiocarbonyl (C=S) groups is 1. The highest BCUT2D eigenvalue weighted by Crippen LogP contribution is 2.37. The van der Waals surface area contributed by atoms with E-state index in [-0.39, 0.29) is 17.4 Å². The lowest BCUT2D eigenvalue weighted by Crippen LogP contribution is -2.42. The molecule has 0 aromatic carbocycles. The van der Waals surface area contributed by atoms with Crippen LogP contribution in [0, 0.1) is 0 Å². The van der Waals surface area contributed by atoms with E-state index in [0.29, 0.717) is 12.0 Å². The number of hydrogen-bond donors (Lipinski definition) is 0. The van der Waals surface area contributed by atoms with Crippen LogP contribution in [0.5, 0.6) is 0 Å². The second-order valence-corrected chi connectivity index (χ2v) is 6.19. The van der Waals surface area contributed by atoms with Gasteiger partial charge in [-0.05, 0) is 32.1 Å². The van der Waals surface area contributed by atoms with Crippen LogP contribution >= 0.6 is 12.2 Å². The molecule has 0 saturated carbocycles. The fourth-order valence-corrected chi connectivity index (χ4v) is 3.01. The van der Waals surface area contributed by atoms with Crippen LogP contribution in [0.4, 0.5) is 0 Å². The third-order valence-electron chi connectivity index (χ3n) is 3.73. The molecule has 0 unspecified atom stereocenters. The average Bonchev–Trinajstić information content (AvgIpc) is 3.12. The maximum atomic E-state index is 11.9. The van der Waals surface area contributed by atoms with E-state index >= 15 is 0 Å². The van der Waals surface area contributed by atoms with Crippen molar-refractivity contribution in [2.24, 2.45) is 0 Å². The first kappa shape index (κ1) is 16.1. The van der Waals surface area contributed by atoms with E-state index in [2.05, 4.69) is 4.98 Å². The van der Waals surface area contributed by atoms with Gasteiger partial charge < -0.3 is 18.9 Å². The first-order chi connectivity index (χ1) is 10.9. The molecular weight excluding hydrogens is 320 g/mol. The smallest absolute Gasteiger partial charge is 0.333 e. The maximum absolute atomic E-state index is 11.9. The fourth-order valence-electron chi connectivity index (χ4n) is 2.78. The molecule has 0 amide bonds. The van der Waals surface area contributed by atoms with E-state index in [0.717, 1.165) is 0 Å². The zero-order valence-electron chi connectivity index (χ0n) is 13.1. The number of esters is 1. The monoisotopic (exact) mass is 338 g/mol. The predicted octanol–water partition coefficient (Wildman–Crippen LogP) is 1.42. The number of ether oxygens (including phenoxy) is 4. The van der Waals surface area contributed by atoms with Gasteiger partial charge >= 0.3 is 5.97 Å². The Morgan fingerprint density at radius 2 is 2.26 bits per heavy atom. The molecule has 1 fully saturated rings. The number of methoxy groups -OCH3 is 1. The van der Waals surface area contributed by atoms with Crippen molar-refractivity contribution in [1.29, 1.82) is 0 Å². The summed E-state index contributed by atoms with van der Waals surface area (Å²) in [5.41, 5.74) is 0.494. The topological polar surface area (TPSA) is 71.8 Å². The van der Waals surface area contributed by atoms with E-state index in [4.69, 9.17) is 31.2 Å². The van der Waals surface area contributed by atoms with E-state index in [9.17, 15) is 4.79 Å². The Morgan fingerprint density at radius 1 is 1.48 bits per heavy atom. The maximum Gasteiger partial charge on any atom is 0.333 e. The van der Waals surface area contributed by atoms with E-state index < -0.39 is 17.9 Å². The Bertz CT molecular complexity index is 640. The summed E-state index contributed by atoms with van der Waals surface area (Å²) in [5.74, 6) is -1.16. The van der Waals surface area contributed by atoms with Crippen molar-refractivity contribution in [1.82, 2.24) is 9.55 Å². The zero-order valence-corrected chi connectivity index (χ0v) is 13.9. The van der Waals surface area contributed by atoms with Gasteiger partial charge in [-0.3, -0.25) is 4.57 Å². The van der Waals surface area contributed by atoms with Crippen LogP contribution in [-0.2, 0) is 23.7 Å². The summed E-state index contributed by atoms with van der Waals surface area (Å²) in [5, 5.41) is 0.241. The van der Waals surface area contributed by atoms with Crippen LogP contribution in [0.1, 0.15) is 20.3 Å². The molecular formula is C15H18N2O5S. The van der Waals surface area contributed by atoms with E-state index in [1.165, 1.54) is 7.11 Å². The molecule has 0 spiro atoms. The lowest BCUT2D eigenvalue weighted by Gasteiger charge is -2.30. The molecule has 0 bridgehead atoms. The summed E-state index contributed by atoms with van der Waals surface area (Å²) in [7, 11) is 1.34. The van der Waals surface area contributed by atoms with Gasteiger partial charge in [0.1, 0.15) is 24.6 Å². The summed E-state index contributed by atoms with van der Waals surface area (Å²) >= 11 is 5.27. The lowest BCUT2D eigenvalue weighted by atomic mass is 9.92. The molecule has 7 nitrogen and oxygen atoms in total. The molecule has 2 heterocycles.